The highest BCUT2D eigenvalue weighted by Gasteiger charge is 2.40. The van der Waals surface area contributed by atoms with E-state index >= 15 is 0 Å². The molecule has 0 aromatic carbocycles. The van der Waals surface area contributed by atoms with E-state index in [9.17, 15) is 9.59 Å². The molecule has 0 spiro atoms. The highest BCUT2D eigenvalue weighted by Crippen LogP contribution is 2.34. The summed E-state index contributed by atoms with van der Waals surface area (Å²) in [5.74, 6) is 1.27. The molecule has 1 unspecified atom stereocenters. The number of hydrogen-bond donors (Lipinski definition) is 2. The second kappa shape index (κ2) is 7.94. The van der Waals surface area contributed by atoms with E-state index in [-0.39, 0.29) is 24.0 Å². The minimum atomic E-state index is -0.512. The maximum atomic E-state index is 12.6. The van der Waals surface area contributed by atoms with Gasteiger partial charge in [-0.3, -0.25) is 4.79 Å². The molecule has 2 aliphatic rings. The Kier molecular flexibility index (Phi) is 6.35. The van der Waals surface area contributed by atoms with Gasteiger partial charge >= 0.3 is 6.09 Å². The average molecular weight is 354 g/mol. The van der Waals surface area contributed by atoms with Gasteiger partial charge in [0.1, 0.15) is 5.60 Å². The molecule has 0 aromatic heterocycles. The summed E-state index contributed by atoms with van der Waals surface area (Å²) in [5.41, 5.74) is -0.512. The number of carbonyl (C=O) groups is 2. The van der Waals surface area contributed by atoms with Gasteiger partial charge in [0.25, 0.3) is 0 Å². The predicted octanol–water partition coefficient (Wildman–Crippen LogP) is 2.38. The molecule has 6 nitrogen and oxygen atoms in total. The van der Waals surface area contributed by atoms with Crippen molar-refractivity contribution in [2.24, 2.45) is 17.8 Å². The third-order valence-electron chi connectivity index (χ3n) is 5.57. The predicted molar refractivity (Wildman–Crippen MR) is 98.3 cm³/mol. The molecule has 6 heteroatoms. The Hall–Kier alpha value is -1.30. The molecule has 1 saturated heterocycles. The maximum absolute atomic E-state index is 12.6. The number of amides is 2. The van der Waals surface area contributed by atoms with Gasteiger partial charge in [-0.2, -0.15) is 0 Å². The standard InChI is InChI=1S/C19H35N3O3/c1-12(9-13(2)22(6)18(24)25-19(3,4)5)17(23)21-16-8-7-14-10-20-11-15(14)16/h12-16,20H,7-11H2,1-6H3,(H,21,23)/t12-,13?,14-,15+,16+/m0/s1. The van der Waals surface area contributed by atoms with Crippen molar-refractivity contribution in [1.82, 2.24) is 15.5 Å². The van der Waals surface area contributed by atoms with Gasteiger partial charge in [-0.05, 0) is 65.3 Å². The zero-order valence-corrected chi connectivity index (χ0v) is 16.6. The molecule has 2 amide bonds. The van der Waals surface area contributed by atoms with Crippen LogP contribution in [0.5, 0.6) is 0 Å². The summed E-state index contributed by atoms with van der Waals surface area (Å²) in [7, 11) is 1.73. The number of rotatable bonds is 5. The van der Waals surface area contributed by atoms with E-state index in [1.165, 1.54) is 6.42 Å². The van der Waals surface area contributed by atoms with Gasteiger partial charge in [-0.1, -0.05) is 6.92 Å². The average Bonchev–Trinajstić information content (AvgIpc) is 3.09. The molecule has 1 aliphatic heterocycles. The minimum absolute atomic E-state index is 0.0555. The van der Waals surface area contributed by atoms with E-state index in [1.807, 2.05) is 34.6 Å². The molecular formula is C19H35N3O3. The zero-order valence-electron chi connectivity index (χ0n) is 16.6. The van der Waals surface area contributed by atoms with Crippen LogP contribution in [0.25, 0.3) is 0 Å². The Labute approximate surface area is 152 Å². The van der Waals surface area contributed by atoms with Gasteiger partial charge < -0.3 is 20.3 Å². The Balaban J connectivity index is 1.80. The molecular weight excluding hydrogens is 318 g/mol. The van der Waals surface area contributed by atoms with E-state index < -0.39 is 5.60 Å². The summed E-state index contributed by atoms with van der Waals surface area (Å²) in [5, 5.41) is 6.67. The third kappa shape index (κ3) is 5.33. The molecule has 2 N–H and O–H groups in total. The molecule has 25 heavy (non-hydrogen) atoms. The molecule has 1 saturated carbocycles. The van der Waals surface area contributed by atoms with Gasteiger partial charge in [-0.15, -0.1) is 0 Å². The second-order valence-corrected chi connectivity index (χ2v) is 8.85. The number of nitrogens with one attached hydrogen (secondary N) is 2. The van der Waals surface area contributed by atoms with Crippen molar-refractivity contribution in [3.63, 3.8) is 0 Å². The van der Waals surface area contributed by atoms with Crippen molar-refractivity contribution < 1.29 is 14.3 Å². The fourth-order valence-electron chi connectivity index (χ4n) is 3.94. The van der Waals surface area contributed by atoms with Crippen molar-refractivity contribution in [3.05, 3.63) is 0 Å². The first kappa shape index (κ1) is 20.0. The van der Waals surface area contributed by atoms with E-state index in [0.29, 0.717) is 18.4 Å². The molecule has 0 bridgehead atoms. The van der Waals surface area contributed by atoms with Crippen molar-refractivity contribution >= 4 is 12.0 Å². The van der Waals surface area contributed by atoms with Gasteiger partial charge in [0, 0.05) is 31.6 Å². The lowest BCUT2D eigenvalue weighted by atomic mass is 9.96. The highest BCUT2D eigenvalue weighted by molar-refractivity contribution is 5.78. The molecule has 144 valence electrons. The van der Waals surface area contributed by atoms with Crippen LogP contribution in [-0.4, -0.2) is 54.7 Å². The van der Waals surface area contributed by atoms with Crippen LogP contribution in [0.15, 0.2) is 0 Å². The number of hydrogen-bond acceptors (Lipinski definition) is 4. The summed E-state index contributed by atoms with van der Waals surface area (Å²) in [6.45, 7) is 11.6. The smallest absolute Gasteiger partial charge is 0.410 e. The van der Waals surface area contributed by atoms with Gasteiger partial charge in [0.15, 0.2) is 0 Å². The summed E-state index contributed by atoms with van der Waals surface area (Å²) in [4.78, 5) is 26.3. The topological polar surface area (TPSA) is 70.7 Å². The third-order valence-corrected chi connectivity index (χ3v) is 5.57. The molecule has 0 aromatic rings. The number of ether oxygens (including phenoxy) is 1. The summed E-state index contributed by atoms with van der Waals surface area (Å²) < 4.78 is 5.40. The van der Waals surface area contributed by atoms with Crippen molar-refractivity contribution in [1.29, 1.82) is 0 Å². The first-order valence-corrected chi connectivity index (χ1v) is 9.55. The van der Waals surface area contributed by atoms with Gasteiger partial charge in [-0.25, -0.2) is 4.79 Å². The van der Waals surface area contributed by atoms with Crippen LogP contribution in [0.4, 0.5) is 4.79 Å². The van der Waals surface area contributed by atoms with Gasteiger partial charge in [0.2, 0.25) is 5.91 Å². The van der Waals surface area contributed by atoms with Crippen LogP contribution < -0.4 is 10.6 Å². The second-order valence-electron chi connectivity index (χ2n) is 8.85. The van der Waals surface area contributed by atoms with Crippen LogP contribution in [-0.2, 0) is 9.53 Å². The molecule has 2 rings (SSSR count). The lowest BCUT2D eigenvalue weighted by Crippen LogP contribution is -2.44. The van der Waals surface area contributed by atoms with E-state index in [0.717, 1.165) is 25.4 Å². The molecule has 1 aliphatic carbocycles. The number of carbonyl (C=O) groups excluding carboxylic acids is 2. The first-order valence-electron chi connectivity index (χ1n) is 9.55. The van der Waals surface area contributed by atoms with Crippen molar-refractivity contribution in [2.75, 3.05) is 20.1 Å². The fraction of sp³-hybridized carbons (Fsp3) is 0.895. The molecule has 1 heterocycles. The first-order chi connectivity index (χ1) is 11.6. The monoisotopic (exact) mass is 353 g/mol. The summed E-state index contributed by atoms with van der Waals surface area (Å²) in [6, 6.07) is 0.244. The van der Waals surface area contributed by atoms with Crippen LogP contribution >= 0.6 is 0 Å². The van der Waals surface area contributed by atoms with Crippen LogP contribution in [0.3, 0.4) is 0 Å². The quantitative estimate of drug-likeness (QED) is 0.796. The molecule has 5 atom stereocenters. The van der Waals surface area contributed by atoms with E-state index in [1.54, 1.807) is 11.9 Å². The highest BCUT2D eigenvalue weighted by atomic mass is 16.6. The Morgan fingerprint density at radius 1 is 1.24 bits per heavy atom. The molecule has 0 radical (unpaired) electrons. The lowest BCUT2D eigenvalue weighted by molar-refractivity contribution is -0.126. The normalized spacial score (nSPS) is 28.2. The Bertz CT molecular complexity index is 489. The summed E-state index contributed by atoms with van der Waals surface area (Å²) in [6.07, 6.45) is 2.57. The van der Waals surface area contributed by atoms with Gasteiger partial charge in [0.05, 0.1) is 0 Å². The zero-order chi connectivity index (χ0) is 18.8. The molecule has 2 fully saturated rings. The van der Waals surface area contributed by atoms with Crippen molar-refractivity contribution in [3.8, 4) is 0 Å². The largest absolute Gasteiger partial charge is 0.444 e. The Morgan fingerprint density at radius 2 is 1.92 bits per heavy atom. The van der Waals surface area contributed by atoms with Crippen molar-refractivity contribution in [2.45, 2.75) is 71.6 Å². The Morgan fingerprint density at radius 3 is 2.56 bits per heavy atom. The fourth-order valence-corrected chi connectivity index (χ4v) is 3.94. The number of fused-ring (bicyclic) bond motifs is 1. The number of nitrogens with zero attached hydrogens (tertiary/aromatic N) is 1. The lowest BCUT2D eigenvalue weighted by Gasteiger charge is -2.30. The van der Waals surface area contributed by atoms with E-state index in [4.69, 9.17) is 4.74 Å². The van der Waals surface area contributed by atoms with Crippen LogP contribution in [0.1, 0.15) is 53.9 Å². The van der Waals surface area contributed by atoms with E-state index in [2.05, 4.69) is 10.6 Å². The summed E-state index contributed by atoms with van der Waals surface area (Å²) >= 11 is 0. The minimum Gasteiger partial charge on any atom is -0.444 e. The van der Waals surface area contributed by atoms with Crippen LogP contribution in [0.2, 0.25) is 0 Å². The van der Waals surface area contributed by atoms with Crippen LogP contribution in [0, 0.1) is 17.8 Å². The SMILES string of the molecule is CC(C[C@H](C)C(=O)N[C@@H]1CC[C@H]2CNC[C@H]21)N(C)C(=O)OC(C)(C)C. The maximum Gasteiger partial charge on any atom is 0.410 e.